The van der Waals surface area contributed by atoms with Crippen LogP contribution in [0.5, 0.6) is 0 Å². The minimum Gasteiger partial charge on any atom is -0.354 e. The van der Waals surface area contributed by atoms with Crippen LogP contribution < -0.4 is 9.62 Å². The maximum atomic E-state index is 13.4. The van der Waals surface area contributed by atoms with Gasteiger partial charge in [0.1, 0.15) is 6.04 Å². The first-order valence-corrected chi connectivity index (χ1v) is 14.3. The van der Waals surface area contributed by atoms with Gasteiger partial charge in [-0.1, -0.05) is 55.8 Å². The summed E-state index contributed by atoms with van der Waals surface area (Å²) >= 11 is 0. The smallest absolute Gasteiger partial charge is 0.242 e. The number of nitrogens with one attached hydrogen (secondary N) is 1. The normalized spacial score (nSPS) is 12.3. The van der Waals surface area contributed by atoms with E-state index in [9.17, 15) is 18.0 Å². The Morgan fingerprint density at radius 1 is 0.944 bits per heavy atom. The Hall–Kier alpha value is -2.87. The van der Waals surface area contributed by atoms with Crippen molar-refractivity contribution in [1.29, 1.82) is 0 Å². The SMILES string of the molecule is Cc1ccc(CN(C(=O)CCCN(c2cc(C)ccc2C)S(C)(=O)=O)C(C)C(=O)NCC(C)C)cc1. The minimum absolute atomic E-state index is 0.130. The summed E-state index contributed by atoms with van der Waals surface area (Å²) in [5.74, 6) is -0.0797. The third-order valence-electron chi connectivity index (χ3n) is 6.11. The Labute approximate surface area is 216 Å². The van der Waals surface area contributed by atoms with Gasteiger partial charge in [0, 0.05) is 26.1 Å². The maximum absolute atomic E-state index is 13.4. The summed E-state index contributed by atoms with van der Waals surface area (Å²) in [4.78, 5) is 27.8. The van der Waals surface area contributed by atoms with Gasteiger partial charge in [-0.3, -0.25) is 13.9 Å². The van der Waals surface area contributed by atoms with E-state index in [1.54, 1.807) is 11.8 Å². The fraction of sp³-hybridized carbons (Fsp3) is 0.500. The van der Waals surface area contributed by atoms with Gasteiger partial charge in [-0.05, 0) is 62.8 Å². The molecule has 0 saturated carbocycles. The Morgan fingerprint density at radius 2 is 1.56 bits per heavy atom. The number of hydrogen-bond acceptors (Lipinski definition) is 4. The summed E-state index contributed by atoms with van der Waals surface area (Å²) in [5, 5.41) is 2.92. The van der Waals surface area contributed by atoms with Crippen molar-refractivity contribution in [3.63, 3.8) is 0 Å². The van der Waals surface area contributed by atoms with Crippen LogP contribution >= 0.6 is 0 Å². The topological polar surface area (TPSA) is 86.8 Å². The molecule has 0 aromatic heterocycles. The molecular formula is C28H41N3O4S. The molecule has 7 nitrogen and oxygen atoms in total. The second-order valence-electron chi connectivity index (χ2n) is 10.1. The molecule has 2 aromatic rings. The lowest BCUT2D eigenvalue weighted by Crippen LogP contribution is -2.48. The van der Waals surface area contributed by atoms with Gasteiger partial charge in [-0.25, -0.2) is 8.42 Å². The first kappa shape index (κ1) is 29.4. The van der Waals surface area contributed by atoms with Crippen LogP contribution in [0.2, 0.25) is 0 Å². The number of anilines is 1. The molecule has 1 atom stereocenters. The second-order valence-corrected chi connectivity index (χ2v) is 12.0. The first-order valence-electron chi connectivity index (χ1n) is 12.5. The molecule has 2 amide bonds. The Balaban J connectivity index is 2.18. The fourth-order valence-corrected chi connectivity index (χ4v) is 4.91. The predicted octanol–water partition coefficient (Wildman–Crippen LogP) is 4.35. The lowest BCUT2D eigenvalue weighted by Gasteiger charge is -2.30. The molecule has 0 aliphatic heterocycles. The van der Waals surface area contributed by atoms with Crippen LogP contribution in [-0.2, 0) is 26.2 Å². The Morgan fingerprint density at radius 3 is 2.14 bits per heavy atom. The third kappa shape index (κ3) is 8.66. The van der Waals surface area contributed by atoms with Crippen molar-refractivity contribution in [2.75, 3.05) is 23.7 Å². The zero-order valence-corrected chi connectivity index (χ0v) is 23.5. The van der Waals surface area contributed by atoms with Crippen LogP contribution in [0.4, 0.5) is 5.69 Å². The quantitative estimate of drug-likeness (QED) is 0.455. The summed E-state index contributed by atoms with van der Waals surface area (Å²) in [6.07, 6.45) is 1.65. The van der Waals surface area contributed by atoms with Crippen molar-refractivity contribution in [3.05, 3.63) is 64.7 Å². The Kier molecular flexibility index (Phi) is 10.5. The van der Waals surface area contributed by atoms with Gasteiger partial charge in [0.2, 0.25) is 21.8 Å². The van der Waals surface area contributed by atoms with E-state index in [-0.39, 0.29) is 24.8 Å². The molecule has 8 heteroatoms. The highest BCUT2D eigenvalue weighted by atomic mass is 32.2. The van der Waals surface area contributed by atoms with E-state index in [4.69, 9.17) is 0 Å². The molecule has 36 heavy (non-hydrogen) atoms. The second kappa shape index (κ2) is 12.9. The van der Waals surface area contributed by atoms with Gasteiger partial charge in [-0.2, -0.15) is 0 Å². The number of rotatable bonds is 12. The number of carbonyl (C=O) groups is 2. The highest BCUT2D eigenvalue weighted by Gasteiger charge is 2.27. The summed E-state index contributed by atoms with van der Waals surface area (Å²) in [6, 6.07) is 12.9. The molecule has 0 aliphatic carbocycles. The number of nitrogens with zero attached hydrogens (tertiary/aromatic N) is 2. The molecular weight excluding hydrogens is 474 g/mol. The van der Waals surface area contributed by atoms with Gasteiger partial charge in [0.25, 0.3) is 0 Å². The molecule has 198 valence electrons. The molecule has 0 bridgehead atoms. The van der Waals surface area contributed by atoms with Gasteiger partial charge in [0.05, 0.1) is 11.9 Å². The molecule has 2 aromatic carbocycles. The van der Waals surface area contributed by atoms with Crippen molar-refractivity contribution in [2.24, 2.45) is 5.92 Å². The van der Waals surface area contributed by atoms with Crippen molar-refractivity contribution in [2.45, 2.75) is 67.0 Å². The van der Waals surface area contributed by atoms with E-state index >= 15 is 0 Å². The van der Waals surface area contributed by atoms with Crippen molar-refractivity contribution >= 4 is 27.5 Å². The number of benzene rings is 2. The molecule has 2 rings (SSSR count). The van der Waals surface area contributed by atoms with Gasteiger partial charge >= 0.3 is 0 Å². The monoisotopic (exact) mass is 515 g/mol. The summed E-state index contributed by atoms with van der Waals surface area (Å²) in [6.45, 7) is 12.6. The van der Waals surface area contributed by atoms with Crippen LogP contribution in [-0.4, -0.2) is 50.5 Å². The number of sulfonamides is 1. The van der Waals surface area contributed by atoms with E-state index in [2.05, 4.69) is 5.32 Å². The standard InChI is InChI=1S/C28H41N3O4S/c1-20(2)18-29-28(33)24(6)30(19-25-14-11-21(3)12-15-25)27(32)9-8-16-31(36(7,34)35)26-17-22(4)10-13-23(26)5/h10-15,17,20,24H,8-9,16,18-19H2,1-7H3,(H,29,33). The molecule has 0 heterocycles. The first-order chi connectivity index (χ1) is 16.8. The van der Waals surface area contributed by atoms with Crippen LogP contribution in [0.25, 0.3) is 0 Å². The average Bonchev–Trinajstić information content (AvgIpc) is 2.80. The highest BCUT2D eigenvalue weighted by Crippen LogP contribution is 2.24. The average molecular weight is 516 g/mol. The molecule has 1 unspecified atom stereocenters. The van der Waals surface area contributed by atoms with Crippen LogP contribution in [0.15, 0.2) is 42.5 Å². The molecule has 0 fully saturated rings. The third-order valence-corrected chi connectivity index (χ3v) is 7.29. The summed E-state index contributed by atoms with van der Waals surface area (Å²) < 4.78 is 26.5. The molecule has 0 aliphatic rings. The predicted molar refractivity (Wildman–Crippen MR) is 146 cm³/mol. The lowest BCUT2D eigenvalue weighted by atomic mass is 10.1. The minimum atomic E-state index is -3.53. The van der Waals surface area contributed by atoms with Crippen molar-refractivity contribution in [1.82, 2.24) is 10.2 Å². The lowest BCUT2D eigenvalue weighted by molar-refractivity contribution is -0.140. The van der Waals surface area contributed by atoms with Gasteiger partial charge in [-0.15, -0.1) is 0 Å². The van der Waals surface area contributed by atoms with Crippen LogP contribution in [0, 0.1) is 26.7 Å². The summed E-state index contributed by atoms with van der Waals surface area (Å²) in [5.41, 5.74) is 4.50. The van der Waals surface area contributed by atoms with E-state index in [0.29, 0.717) is 31.1 Å². The van der Waals surface area contributed by atoms with Gasteiger partial charge < -0.3 is 10.2 Å². The molecule has 0 spiro atoms. The zero-order chi connectivity index (χ0) is 27.0. The van der Waals surface area contributed by atoms with E-state index in [1.807, 2.05) is 77.1 Å². The molecule has 1 N–H and O–H groups in total. The van der Waals surface area contributed by atoms with E-state index < -0.39 is 16.1 Å². The number of amides is 2. The van der Waals surface area contributed by atoms with Crippen LogP contribution in [0.3, 0.4) is 0 Å². The zero-order valence-electron chi connectivity index (χ0n) is 22.7. The summed E-state index contributed by atoms with van der Waals surface area (Å²) in [7, 11) is -3.53. The number of aryl methyl sites for hydroxylation is 3. The van der Waals surface area contributed by atoms with Crippen LogP contribution in [0.1, 0.15) is 55.9 Å². The highest BCUT2D eigenvalue weighted by molar-refractivity contribution is 7.92. The molecule has 0 saturated heterocycles. The van der Waals surface area contributed by atoms with Crippen molar-refractivity contribution < 1.29 is 18.0 Å². The van der Waals surface area contributed by atoms with Gasteiger partial charge in [0.15, 0.2) is 0 Å². The largest absolute Gasteiger partial charge is 0.354 e. The fourth-order valence-electron chi connectivity index (χ4n) is 3.90. The van der Waals surface area contributed by atoms with E-state index in [1.165, 1.54) is 10.6 Å². The number of carbonyl (C=O) groups excluding carboxylic acids is 2. The van der Waals surface area contributed by atoms with Crippen molar-refractivity contribution in [3.8, 4) is 0 Å². The Bertz CT molecular complexity index is 1140. The maximum Gasteiger partial charge on any atom is 0.242 e. The van der Waals surface area contributed by atoms with E-state index in [0.717, 1.165) is 22.3 Å². The molecule has 0 radical (unpaired) electrons. The number of hydrogen-bond donors (Lipinski definition) is 1.